The van der Waals surface area contributed by atoms with Crippen LogP contribution in [-0.2, 0) is 11.0 Å². The second kappa shape index (κ2) is 7.53. The summed E-state index contributed by atoms with van der Waals surface area (Å²) in [5.74, 6) is -10.2. The number of anilines is 1. The molecular weight excluding hydrogens is 403 g/mol. The average Bonchev–Trinajstić information content (AvgIpc) is 3.02. The monoisotopic (exact) mass is 417 g/mol. The van der Waals surface area contributed by atoms with Gasteiger partial charge in [-0.05, 0) is 18.4 Å². The maximum Gasteiger partial charge on any atom is 0.422 e. The van der Waals surface area contributed by atoms with Gasteiger partial charge in [0.2, 0.25) is 0 Å². The molecule has 2 nitrogen and oxygen atoms in total. The molecule has 3 rings (SSSR count). The first kappa shape index (κ1) is 20.9. The molecule has 0 aliphatic heterocycles. The van der Waals surface area contributed by atoms with Crippen LogP contribution in [0.25, 0.3) is 6.08 Å². The van der Waals surface area contributed by atoms with E-state index >= 15 is 0 Å². The predicted octanol–water partition coefficient (Wildman–Crippen LogP) is 5.88. The van der Waals surface area contributed by atoms with Crippen molar-refractivity contribution in [3.05, 3.63) is 70.8 Å². The molecule has 1 saturated carbocycles. The first-order chi connectivity index (χ1) is 13.6. The number of benzene rings is 2. The molecule has 29 heavy (non-hydrogen) atoms. The molecule has 1 N–H and O–H groups in total. The van der Waals surface area contributed by atoms with E-state index in [1.165, 1.54) is 12.2 Å². The molecule has 0 unspecified atom stereocenters. The lowest BCUT2D eigenvalue weighted by Gasteiger charge is -2.28. The lowest BCUT2D eigenvalue weighted by molar-refractivity contribution is -0.143. The largest absolute Gasteiger partial charge is 0.422 e. The van der Waals surface area contributed by atoms with Crippen molar-refractivity contribution in [3.8, 4) is 0 Å². The van der Waals surface area contributed by atoms with Gasteiger partial charge in [-0.25, -0.2) is 17.6 Å². The lowest BCUT2D eigenvalue weighted by Crippen LogP contribution is -2.41. The van der Waals surface area contributed by atoms with Gasteiger partial charge in [-0.3, -0.25) is 4.79 Å². The van der Waals surface area contributed by atoms with Gasteiger partial charge in [0.05, 0.1) is 0 Å². The Morgan fingerprint density at radius 2 is 1.52 bits per heavy atom. The van der Waals surface area contributed by atoms with Gasteiger partial charge >= 0.3 is 6.18 Å². The summed E-state index contributed by atoms with van der Waals surface area (Å²) in [6, 6.07) is 8.52. The van der Waals surface area contributed by atoms with Crippen LogP contribution in [-0.4, -0.2) is 11.3 Å². The Morgan fingerprint density at radius 3 is 2.00 bits per heavy atom. The van der Waals surface area contributed by atoms with Crippen LogP contribution in [0.2, 0.25) is 0 Å². The number of hydrogen-bond donors (Lipinski definition) is 1. The first-order valence-corrected chi connectivity index (χ1v) is 8.56. The molecule has 154 valence electrons. The van der Waals surface area contributed by atoms with E-state index in [2.05, 4.69) is 5.32 Å². The van der Waals surface area contributed by atoms with Crippen molar-refractivity contribution < 1.29 is 35.5 Å². The zero-order valence-corrected chi connectivity index (χ0v) is 14.7. The molecule has 2 aromatic rings. The molecule has 0 bridgehead atoms. The minimum absolute atomic E-state index is 0.0287. The van der Waals surface area contributed by atoms with Crippen LogP contribution in [0.1, 0.15) is 30.4 Å². The van der Waals surface area contributed by atoms with Crippen molar-refractivity contribution in [3.63, 3.8) is 0 Å². The van der Waals surface area contributed by atoms with Gasteiger partial charge in [-0.1, -0.05) is 42.5 Å². The van der Waals surface area contributed by atoms with E-state index in [1.807, 2.05) is 0 Å². The van der Waals surface area contributed by atoms with Crippen molar-refractivity contribution in [2.24, 2.45) is 0 Å². The standard InChI is InChI=1S/C20H14F7NO/c21-14-13(20(25,26)27)15(22)17(24)18(16(14)23)28-19(9-4-7-12(19)29)10-8-11-5-2-1-3-6-11/h1-3,5-6,8,10,28H,4,7,9H2/b10-8+/t19-/m1/s1. The molecule has 1 atom stereocenters. The fourth-order valence-corrected chi connectivity index (χ4v) is 3.26. The molecular formula is C20H14F7NO. The third kappa shape index (κ3) is 3.86. The minimum Gasteiger partial charge on any atom is -0.365 e. The van der Waals surface area contributed by atoms with E-state index in [1.54, 1.807) is 30.3 Å². The summed E-state index contributed by atoms with van der Waals surface area (Å²) in [5, 5.41) is 2.14. The maximum atomic E-state index is 14.3. The van der Waals surface area contributed by atoms with E-state index in [0.29, 0.717) is 12.0 Å². The zero-order chi connectivity index (χ0) is 21.4. The normalized spacial score (nSPS) is 19.9. The van der Waals surface area contributed by atoms with Crippen LogP contribution in [0, 0.1) is 23.3 Å². The summed E-state index contributed by atoms with van der Waals surface area (Å²) < 4.78 is 94.6. The Bertz CT molecular complexity index is 940. The molecule has 1 aliphatic rings. The number of carbonyl (C=O) groups is 1. The highest BCUT2D eigenvalue weighted by atomic mass is 19.4. The highest BCUT2D eigenvalue weighted by Crippen LogP contribution is 2.41. The number of Topliss-reactive ketones (excluding diaryl/α,β-unsaturated/α-hetero) is 1. The summed E-state index contributed by atoms with van der Waals surface area (Å²) >= 11 is 0. The third-order valence-corrected chi connectivity index (χ3v) is 4.73. The molecule has 1 fully saturated rings. The summed E-state index contributed by atoms with van der Waals surface area (Å²) in [4.78, 5) is 12.4. The van der Waals surface area contributed by atoms with E-state index in [9.17, 15) is 35.5 Å². The quantitative estimate of drug-likeness (QED) is 0.497. The smallest absolute Gasteiger partial charge is 0.365 e. The van der Waals surface area contributed by atoms with Crippen LogP contribution in [0.4, 0.5) is 36.4 Å². The first-order valence-electron chi connectivity index (χ1n) is 8.56. The maximum absolute atomic E-state index is 14.3. The summed E-state index contributed by atoms with van der Waals surface area (Å²) in [7, 11) is 0. The van der Waals surface area contributed by atoms with Crippen molar-refractivity contribution in [2.75, 3.05) is 5.32 Å². The van der Waals surface area contributed by atoms with Crippen molar-refractivity contribution in [1.82, 2.24) is 0 Å². The van der Waals surface area contributed by atoms with Crippen molar-refractivity contribution >= 4 is 17.5 Å². The van der Waals surface area contributed by atoms with Crippen LogP contribution in [0.3, 0.4) is 0 Å². The second-order valence-electron chi connectivity index (χ2n) is 6.62. The molecule has 0 aromatic heterocycles. The van der Waals surface area contributed by atoms with Crippen LogP contribution in [0.5, 0.6) is 0 Å². The fourth-order valence-electron chi connectivity index (χ4n) is 3.26. The number of nitrogens with one attached hydrogen (secondary N) is 1. The molecule has 1 aliphatic carbocycles. The highest BCUT2D eigenvalue weighted by Gasteiger charge is 2.45. The van der Waals surface area contributed by atoms with Gasteiger partial charge in [0.15, 0.2) is 29.1 Å². The summed E-state index contributed by atoms with van der Waals surface area (Å²) in [6.07, 6.45) is -2.48. The van der Waals surface area contributed by atoms with Gasteiger partial charge in [-0.2, -0.15) is 13.2 Å². The van der Waals surface area contributed by atoms with Gasteiger partial charge in [0.1, 0.15) is 16.8 Å². The number of hydrogen-bond acceptors (Lipinski definition) is 2. The predicted molar refractivity (Wildman–Crippen MR) is 92.0 cm³/mol. The molecule has 9 heteroatoms. The van der Waals surface area contributed by atoms with Crippen molar-refractivity contribution in [1.29, 1.82) is 0 Å². The van der Waals surface area contributed by atoms with Gasteiger partial charge in [0, 0.05) is 6.42 Å². The number of rotatable bonds is 4. The van der Waals surface area contributed by atoms with Crippen LogP contribution >= 0.6 is 0 Å². The Balaban J connectivity index is 2.08. The molecule has 0 spiro atoms. The molecule has 0 amide bonds. The molecule has 0 radical (unpaired) electrons. The van der Waals surface area contributed by atoms with Crippen LogP contribution in [0.15, 0.2) is 36.4 Å². The van der Waals surface area contributed by atoms with E-state index in [4.69, 9.17) is 0 Å². The average molecular weight is 417 g/mol. The number of alkyl halides is 3. The SMILES string of the molecule is O=C1CCC[C@]1(/C=C/c1ccccc1)Nc1c(F)c(F)c(C(F)(F)F)c(F)c1F. The highest BCUT2D eigenvalue weighted by molar-refractivity contribution is 5.96. The summed E-state index contributed by atoms with van der Waals surface area (Å²) in [6.45, 7) is 0. The zero-order valence-electron chi connectivity index (χ0n) is 14.7. The minimum atomic E-state index is -5.64. The number of carbonyl (C=O) groups excluding carboxylic acids is 1. The summed E-state index contributed by atoms with van der Waals surface area (Å²) in [5.41, 5.74) is -5.19. The lowest BCUT2D eigenvalue weighted by atomic mass is 9.93. The molecule has 2 aromatic carbocycles. The van der Waals surface area contributed by atoms with Gasteiger partial charge in [-0.15, -0.1) is 0 Å². The Hall–Kier alpha value is -2.84. The van der Waals surface area contributed by atoms with E-state index in [-0.39, 0.29) is 12.8 Å². The second-order valence-corrected chi connectivity index (χ2v) is 6.62. The fraction of sp³-hybridized carbons (Fsp3) is 0.250. The Morgan fingerprint density at radius 1 is 0.931 bits per heavy atom. The third-order valence-electron chi connectivity index (χ3n) is 4.73. The Kier molecular flexibility index (Phi) is 5.42. The molecule has 0 saturated heterocycles. The van der Waals surface area contributed by atoms with E-state index in [0.717, 1.165) is 0 Å². The number of ketones is 1. The van der Waals surface area contributed by atoms with Gasteiger partial charge in [0.25, 0.3) is 0 Å². The van der Waals surface area contributed by atoms with Gasteiger partial charge < -0.3 is 5.32 Å². The number of halogens is 7. The topological polar surface area (TPSA) is 29.1 Å². The van der Waals surface area contributed by atoms with Crippen molar-refractivity contribution in [2.45, 2.75) is 31.0 Å². The van der Waals surface area contributed by atoms with Crippen LogP contribution < -0.4 is 5.32 Å². The Labute approximate surface area is 161 Å². The molecule has 0 heterocycles. The van der Waals surface area contributed by atoms with E-state index < -0.39 is 52.0 Å².